The molecule has 1 aromatic heterocycles. The van der Waals surface area contributed by atoms with E-state index in [9.17, 15) is 9.59 Å². The fourth-order valence-electron chi connectivity index (χ4n) is 2.81. The van der Waals surface area contributed by atoms with Gasteiger partial charge in [0.2, 0.25) is 5.91 Å². The standard InChI is InChI=1S/C18H19N3O4/c1-10-14(24-2)8-12(9-15(10)25-3)17(22)20-13-7-11-5-4-6-19-16(11)21-18(13)23/h4-6,8-9,13H,7H2,1-3H3,(H,20,22)(H,19,21,23). The number of nitrogens with zero attached hydrogens (tertiary/aromatic N) is 1. The molecule has 0 bridgehead atoms. The Morgan fingerprint density at radius 3 is 2.60 bits per heavy atom. The number of nitrogens with one attached hydrogen (secondary N) is 2. The van der Waals surface area contributed by atoms with Crippen LogP contribution in [0.25, 0.3) is 0 Å². The van der Waals surface area contributed by atoms with Gasteiger partial charge in [-0.2, -0.15) is 0 Å². The number of hydrogen-bond acceptors (Lipinski definition) is 5. The molecule has 130 valence electrons. The third-order valence-corrected chi connectivity index (χ3v) is 4.19. The van der Waals surface area contributed by atoms with E-state index in [0.717, 1.165) is 11.1 Å². The first-order chi connectivity index (χ1) is 12.0. The Hall–Kier alpha value is -3.09. The SMILES string of the molecule is COc1cc(C(=O)NC2Cc3cccnc3NC2=O)cc(OC)c1C. The van der Waals surface area contributed by atoms with Gasteiger partial charge in [0.1, 0.15) is 23.4 Å². The predicted octanol–water partition coefficient (Wildman–Crippen LogP) is 1.70. The number of carbonyl (C=O) groups is 2. The molecule has 1 atom stereocenters. The molecule has 1 aliphatic rings. The van der Waals surface area contributed by atoms with Gasteiger partial charge in [0.15, 0.2) is 0 Å². The molecule has 0 aliphatic carbocycles. The lowest BCUT2D eigenvalue weighted by Gasteiger charge is -2.24. The van der Waals surface area contributed by atoms with Crippen LogP contribution in [0, 0.1) is 6.92 Å². The average molecular weight is 341 g/mol. The number of hydrogen-bond donors (Lipinski definition) is 2. The van der Waals surface area contributed by atoms with Crippen molar-refractivity contribution in [3.8, 4) is 11.5 Å². The molecule has 0 radical (unpaired) electrons. The van der Waals surface area contributed by atoms with Crippen LogP contribution in [-0.2, 0) is 11.2 Å². The number of benzene rings is 1. The molecule has 0 fully saturated rings. The largest absolute Gasteiger partial charge is 0.496 e. The highest BCUT2D eigenvalue weighted by atomic mass is 16.5. The van der Waals surface area contributed by atoms with Crippen molar-refractivity contribution in [1.29, 1.82) is 0 Å². The summed E-state index contributed by atoms with van der Waals surface area (Å²) in [7, 11) is 3.06. The molecule has 2 heterocycles. The lowest BCUT2D eigenvalue weighted by molar-refractivity contribution is -0.118. The molecular weight excluding hydrogens is 322 g/mol. The summed E-state index contributed by atoms with van der Waals surface area (Å²) in [4.78, 5) is 28.9. The maximum absolute atomic E-state index is 12.6. The fraction of sp³-hybridized carbons (Fsp3) is 0.278. The Kier molecular flexibility index (Phi) is 4.56. The van der Waals surface area contributed by atoms with Gasteiger partial charge in [-0.1, -0.05) is 6.07 Å². The van der Waals surface area contributed by atoms with Crippen LogP contribution in [0.15, 0.2) is 30.5 Å². The summed E-state index contributed by atoms with van der Waals surface area (Å²) in [5.41, 5.74) is 2.05. The molecule has 1 aliphatic heterocycles. The van der Waals surface area contributed by atoms with Crippen LogP contribution in [-0.4, -0.2) is 37.1 Å². The first-order valence-electron chi connectivity index (χ1n) is 7.81. The summed E-state index contributed by atoms with van der Waals surface area (Å²) in [6, 6.07) is 6.26. The van der Waals surface area contributed by atoms with Crippen LogP contribution < -0.4 is 20.1 Å². The molecule has 7 heteroatoms. The van der Waals surface area contributed by atoms with E-state index < -0.39 is 6.04 Å². The van der Waals surface area contributed by atoms with E-state index in [1.807, 2.05) is 13.0 Å². The molecule has 1 aromatic carbocycles. The van der Waals surface area contributed by atoms with Gasteiger partial charge in [0, 0.05) is 23.7 Å². The van der Waals surface area contributed by atoms with Gasteiger partial charge in [0.25, 0.3) is 5.91 Å². The van der Waals surface area contributed by atoms with Gasteiger partial charge in [-0.05, 0) is 30.7 Å². The second kappa shape index (κ2) is 6.80. The van der Waals surface area contributed by atoms with E-state index in [0.29, 0.717) is 29.3 Å². The zero-order valence-electron chi connectivity index (χ0n) is 14.3. The predicted molar refractivity (Wildman–Crippen MR) is 92.1 cm³/mol. The Bertz CT molecular complexity index is 810. The minimum atomic E-state index is -0.664. The summed E-state index contributed by atoms with van der Waals surface area (Å²) in [6.07, 6.45) is 2.00. The molecular formula is C18H19N3O4. The number of anilines is 1. The van der Waals surface area contributed by atoms with Crippen LogP contribution in [0.2, 0.25) is 0 Å². The van der Waals surface area contributed by atoms with Crippen molar-refractivity contribution >= 4 is 17.6 Å². The summed E-state index contributed by atoms with van der Waals surface area (Å²) in [6.45, 7) is 1.85. The van der Waals surface area contributed by atoms with Gasteiger partial charge >= 0.3 is 0 Å². The van der Waals surface area contributed by atoms with Crippen molar-refractivity contribution in [2.24, 2.45) is 0 Å². The summed E-state index contributed by atoms with van der Waals surface area (Å²) in [5.74, 6) is 0.977. The zero-order valence-corrected chi connectivity index (χ0v) is 14.3. The molecule has 2 amide bonds. The lowest BCUT2D eigenvalue weighted by Crippen LogP contribution is -2.47. The van der Waals surface area contributed by atoms with E-state index in [2.05, 4.69) is 15.6 Å². The van der Waals surface area contributed by atoms with Crippen molar-refractivity contribution in [2.75, 3.05) is 19.5 Å². The molecule has 2 aromatic rings. The van der Waals surface area contributed by atoms with E-state index in [-0.39, 0.29) is 11.8 Å². The van der Waals surface area contributed by atoms with Crippen LogP contribution in [0.4, 0.5) is 5.82 Å². The first-order valence-corrected chi connectivity index (χ1v) is 7.81. The van der Waals surface area contributed by atoms with Crippen molar-refractivity contribution in [3.63, 3.8) is 0 Å². The maximum atomic E-state index is 12.6. The highest BCUT2D eigenvalue weighted by Crippen LogP contribution is 2.29. The molecule has 0 saturated heterocycles. The number of rotatable bonds is 4. The third kappa shape index (κ3) is 3.26. The zero-order chi connectivity index (χ0) is 18.0. The Morgan fingerprint density at radius 1 is 1.28 bits per heavy atom. The maximum Gasteiger partial charge on any atom is 0.252 e. The lowest BCUT2D eigenvalue weighted by atomic mass is 10.0. The number of methoxy groups -OCH3 is 2. The van der Waals surface area contributed by atoms with Crippen LogP contribution in [0.3, 0.4) is 0 Å². The number of ether oxygens (including phenoxy) is 2. The van der Waals surface area contributed by atoms with Crippen molar-refractivity contribution in [2.45, 2.75) is 19.4 Å². The van der Waals surface area contributed by atoms with Crippen molar-refractivity contribution < 1.29 is 19.1 Å². The summed E-state index contributed by atoms with van der Waals surface area (Å²) in [5, 5.41) is 5.46. The molecule has 7 nitrogen and oxygen atoms in total. The van der Waals surface area contributed by atoms with E-state index >= 15 is 0 Å². The highest BCUT2D eigenvalue weighted by Gasteiger charge is 2.28. The van der Waals surface area contributed by atoms with Gasteiger partial charge < -0.3 is 20.1 Å². The van der Waals surface area contributed by atoms with Crippen molar-refractivity contribution in [3.05, 3.63) is 47.2 Å². The van der Waals surface area contributed by atoms with Gasteiger partial charge in [0.05, 0.1) is 14.2 Å². The Morgan fingerprint density at radius 2 is 1.96 bits per heavy atom. The minimum Gasteiger partial charge on any atom is -0.496 e. The van der Waals surface area contributed by atoms with Gasteiger partial charge in [-0.25, -0.2) is 4.98 Å². The third-order valence-electron chi connectivity index (χ3n) is 4.19. The van der Waals surface area contributed by atoms with Crippen LogP contribution in [0.1, 0.15) is 21.5 Å². The van der Waals surface area contributed by atoms with E-state index in [4.69, 9.17) is 9.47 Å². The molecule has 0 spiro atoms. The fourth-order valence-corrected chi connectivity index (χ4v) is 2.81. The molecule has 2 N–H and O–H groups in total. The number of aromatic nitrogens is 1. The first kappa shape index (κ1) is 16.8. The topological polar surface area (TPSA) is 89.5 Å². The second-order valence-electron chi connectivity index (χ2n) is 5.74. The molecule has 1 unspecified atom stereocenters. The Labute approximate surface area is 145 Å². The average Bonchev–Trinajstić information content (AvgIpc) is 2.62. The van der Waals surface area contributed by atoms with Crippen LogP contribution >= 0.6 is 0 Å². The molecule has 25 heavy (non-hydrogen) atoms. The second-order valence-corrected chi connectivity index (χ2v) is 5.74. The normalized spacial score (nSPS) is 15.8. The Balaban J connectivity index is 1.82. The number of fused-ring (bicyclic) bond motifs is 1. The minimum absolute atomic E-state index is 0.286. The smallest absolute Gasteiger partial charge is 0.252 e. The van der Waals surface area contributed by atoms with Gasteiger partial charge in [-0.3, -0.25) is 9.59 Å². The summed E-state index contributed by atoms with van der Waals surface area (Å²) >= 11 is 0. The molecule has 0 saturated carbocycles. The van der Waals surface area contributed by atoms with E-state index in [1.54, 1.807) is 24.4 Å². The highest BCUT2D eigenvalue weighted by molar-refractivity contribution is 6.02. The van der Waals surface area contributed by atoms with E-state index in [1.165, 1.54) is 14.2 Å². The summed E-state index contributed by atoms with van der Waals surface area (Å²) < 4.78 is 10.6. The van der Waals surface area contributed by atoms with Gasteiger partial charge in [-0.15, -0.1) is 0 Å². The number of amides is 2. The van der Waals surface area contributed by atoms with Crippen molar-refractivity contribution in [1.82, 2.24) is 10.3 Å². The quantitative estimate of drug-likeness (QED) is 0.883. The van der Waals surface area contributed by atoms with Crippen LogP contribution in [0.5, 0.6) is 11.5 Å². The molecule has 3 rings (SSSR count). The number of carbonyl (C=O) groups excluding carboxylic acids is 2. The monoisotopic (exact) mass is 341 g/mol. The number of pyridine rings is 1.